The maximum Gasteiger partial charge on any atom is 0.00993 e. The summed E-state index contributed by atoms with van der Waals surface area (Å²) in [5.41, 5.74) is 0. The first-order valence-corrected chi connectivity index (χ1v) is 6.31. The molecule has 3 unspecified atom stereocenters. The van der Waals surface area contributed by atoms with Crippen molar-refractivity contribution in [3.8, 4) is 0 Å². The molecule has 14 heavy (non-hydrogen) atoms. The van der Waals surface area contributed by atoms with Crippen molar-refractivity contribution in [1.82, 2.24) is 10.2 Å². The van der Waals surface area contributed by atoms with E-state index >= 15 is 0 Å². The van der Waals surface area contributed by atoms with Crippen molar-refractivity contribution in [1.29, 1.82) is 0 Å². The van der Waals surface area contributed by atoms with Crippen LogP contribution in [0.5, 0.6) is 0 Å². The van der Waals surface area contributed by atoms with Crippen LogP contribution in [0, 0.1) is 11.8 Å². The molecule has 0 aromatic rings. The molecule has 3 rings (SSSR count). The lowest BCUT2D eigenvalue weighted by Crippen LogP contribution is -2.30. The van der Waals surface area contributed by atoms with Crippen molar-refractivity contribution in [2.75, 3.05) is 19.6 Å². The van der Waals surface area contributed by atoms with Gasteiger partial charge in [-0.05, 0) is 57.5 Å². The average Bonchev–Trinajstić information content (AvgIpc) is 2.75. The molecule has 1 N–H and O–H groups in total. The molecule has 2 heteroatoms. The second kappa shape index (κ2) is 3.49. The number of hydrogen-bond acceptors (Lipinski definition) is 2. The molecule has 0 radical (unpaired) electrons. The second-order valence-electron chi connectivity index (χ2n) is 5.53. The highest BCUT2D eigenvalue weighted by atomic mass is 15.2. The summed E-state index contributed by atoms with van der Waals surface area (Å²) in [5.74, 6) is 1.99. The molecule has 2 heterocycles. The van der Waals surface area contributed by atoms with Crippen LogP contribution in [0.3, 0.4) is 0 Å². The topological polar surface area (TPSA) is 15.3 Å². The fourth-order valence-corrected chi connectivity index (χ4v) is 3.43. The molecule has 2 saturated heterocycles. The van der Waals surface area contributed by atoms with E-state index in [9.17, 15) is 0 Å². The van der Waals surface area contributed by atoms with E-state index < -0.39 is 0 Å². The zero-order valence-electron chi connectivity index (χ0n) is 9.21. The van der Waals surface area contributed by atoms with Crippen LogP contribution in [0.2, 0.25) is 0 Å². The Hall–Kier alpha value is -0.0800. The summed E-state index contributed by atoms with van der Waals surface area (Å²) in [5, 5.41) is 3.51. The smallest absolute Gasteiger partial charge is 0.00993 e. The predicted octanol–water partition coefficient (Wildman–Crippen LogP) is 1.47. The predicted molar refractivity (Wildman–Crippen MR) is 58.3 cm³/mol. The number of rotatable bonds is 2. The molecule has 0 bridgehead atoms. The monoisotopic (exact) mass is 194 g/mol. The third-order valence-electron chi connectivity index (χ3n) is 4.44. The summed E-state index contributed by atoms with van der Waals surface area (Å²) in [6, 6.07) is 1.84. The zero-order chi connectivity index (χ0) is 9.54. The van der Waals surface area contributed by atoms with Gasteiger partial charge in [-0.25, -0.2) is 0 Å². The van der Waals surface area contributed by atoms with Gasteiger partial charge in [-0.2, -0.15) is 0 Å². The van der Waals surface area contributed by atoms with Crippen LogP contribution in [-0.4, -0.2) is 36.6 Å². The summed E-state index contributed by atoms with van der Waals surface area (Å²) in [7, 11) is 0. The lowest BCUT2D eigenvalue weighted by molar-refractivity contribution is 0.246. The highest BCUT2D eigenvalue weighted by molar-refractivity contribution is 4.96. The number of hydrogen-bond donors (Lipinski definition) is 1. The lowest BCUT2D eigenvalue weighted by Gasteiger charge is -2.20. The van der Waals surface area contributed by atoms with Crippen molar-refractivity contribution in [3.63, 3.8) is 0 Å². The van der Waals surface area contributed by atoms with Gasteiger partial charge in [0.2, 0.25) is 0 Å². The van der Waals surface area contributed by atoms with Gasteiger partial charge in [0.15, 0.2) is 0 Å². The molecule has 2 nitrogen and oxygen atoms in total. The Bertz CT molecular complexity index is 206. The molecular weight excluding hydrogens is 172 g/mol. The Balaban J connectivity index is 1.61. The molecule has 0 aromatic heterocycles. The summed E-state index contributed by atoms with van der Waals surface area (Å²) in [6.07, 6.45) is 5.83. The molecule has 80 valence electrons. The van der Waals surface area contributed by atoms with E-state index in [2.05, 4.69) is 17.1 Å². The molecule has 0 aromatic carbocycles. The number of nitrogens with one attached hydrogen (secondary N) is 1. The van der Waals surface area contributed by atoms with Crippen LogP contribution in [0.1, 0.15) is 32.6 Å². The zero-order valence-corrected chi connectivity index (χ0v) is 9.21. The van der Waals surface area contributed by atoms with Crippen LogP contribution in [0.15, 0.2) is 0 Å². The minimum atomic E-state index is 0.869. The van der Waals surface area contributed by atoms with E-state index in [-0.39, 0.29) is 0 Å². The fraction of sp³-hybridized carbons (Fsp3) is 1.00. The first kappa shape index (κ1) is 9.17. The van der Waals surface area contributed by atoms with E-state index in [0.717, 1.165) is 23.9 Å². The van der Waals surface area contributed by atoms with Gasteiger partial charge < -0.3 is 5.32 Å². The second-order valence-corrected chi connectivity index (χ2v) is 5.53. The van der Waals surface area contributed by atoms with Crippen LogP contribution in [0.4, 0.5) is 0 Å². The van der Waals surface area contributed by atoms with Crippen LogP contribution >= 0.6 is 0 Å². The fourth-order valence-electron chi connectivity index (χ4n) is 3.43. The van der Waals surface area contributed by atoms with E-state index in [1.807, 2.05) is 0 Å². The Morgan fingerprint density at radius 1 is 1.14 bits per heavy atom. The summed E-state index contributed by atoms with van der Waals surface area (Å²) >= 11 is 0. The van der Waals surface area contributed by atoms with Crippen molar-refractivity contribution < 1.29 is 0 Å². The number of nitrogens with zero attached hydrogens (tertiary/aromatic N) is 1. The largest absolute Gasteiger partial charge is 0.316 e. The van der Waals surface area contributed by atoms with Gasteiger partial charge in [-0.1, -0.05) is 0 Å². The molecule has 3 aliphatic rings. The minimum Gasteiger partial charge on any atom is -0.316 e. The Morgan fingerprint density at radius 2 is 2.00 bits per heavy atom. The first-order chi connectivity index (χ1) is 6.84. The molecule has 3 fully saturated rings. The van der Waals surface area contributed by atoms with Crippen LogP contribution in [-0.2, 0) is 0 Å². The minimum absolute atomic E-state index is 0.869. The molecule has 0 amide bonds. The van der Waals surface area contributed by atoms with Crippen molar-refractivity contribution in [2.45, 2.75) is 44.7 Å². The normalized spacial score (nSPS) is 44.8. The Kier molecular flexibility index (Phi) is 2.29. The van der Waals surface area contributed by atoms with E-state index in [1.54, 1.807) is 0 Å². The van der Waals surface area contributed by atoms with Crippen molar-refractivity contribution in [3.05, 3.63) is 0 Å². The summed E-state index contributed by atoms with van der Waals surface area (Å²) in [4.78, 5) is 2.78. The van der Waals surface area contributed by atoms with Crippen LogP contribution < -0.4 is 5.32 Å². The van der Waals surface area contributed by atoms with E-state index in [1.165, 1.54) is 45.3 Å². The maximum atomic E-state index is 3.51. The lowest BCUT2D eigenvalue weighted by atomic mass is 9.90. The quantitative estimate of drug-likeness (QED) is 0.716. The van der Waals surface area contributed by atoms with E-state index in [0.29, 0.717) is 0 Å². The van der Waals surface area contributed by atoms with Gasteiger partial charge in [0.05, 0.1) is 0 Å². The van der Waals surface area contributed by atoms with Crippen molar-refractivity contribution >= 4 is 0 Å². The van der Waals surface area contributed by atoms with Gasteiger partial charge >= 0.3 is 0 Å². The summed E-state index contributed by atoms with van der Waals surface area (Å²) in [6.45, 7) is 6.38. The highest BCUT2D eigenvalue weighted by Crippen LogP contribution is 2.38. The van der Waals surface area contributed by atoms with Gasteiger partial charge in [-0.3, -0.25) is 4.90 Å². The Labute approximate surface area is 87.0 Å². The van der Waals surface area contributed by atoms with Crippen molar-refractivity contribution in [2.24, 2.45) is 11.8 Å². The summed E-state index contributed by atoms with van der Waals surface area (Å²) < 4.78 is 0. The third kappa shape index (κ3) is 1.59. The molecule has 3 atom stereocenters. The first-order valence-electron chi connectivity index (χ1n) is 6.31. The average molecular weight is 194 g/mol. The van der Waals surface area contributed by atoms with Gasteiger partial charge in [0.1, 0.15) is 0 Å². The van der Waals surface area contributed by atoms with Crippen LogP contribution in [0.25, 0.3) is 0 Å². The Morgan fingerprint density at radius 3 is 2.64 bits per heavy atom. The molecule has 2 aliphatic heterocycles. The third-order valence-corrected chi connectivity index (χ3v) is 4.44. The molecule has 0 spiro atoms. The molecule has 1 saturated carbocycles. The van der Waals surface area contributed by atoms with Gasteiger partial charge in [-0.15, -0.1) is 0 Å². The number of likely N-dealkylation sites (tertiary alicyclic amines) is 1. The van der Waals surface area contributed by atoms with Gasteiger partial charge in [0.25, 0.3) is 0 Å². The SMILES string of the molecule is CC1CC(C2CCNC2)CN1C1CC1. The maximum absolute atomic E-state index is 3.51. The van der Waals surface area contributed by atoms with E-state index in [4.69, 9.17) is 0 Å². The standard InChI is InChI=1S/C12H22N2/c1-9-6-11(10-4-5-13-7-10)8-14(9)12-2-3-12/h9-13H,2-8H2,1H3. The highest BCUT2D eigenvalue weighted by Gasteiger charge is 2.41. The molecule has 1 aliphatic carbocycles. The molecular formula is C12H22N2. The van der Waals surface area contributed by atoms with Gasteiger partial charge in [0, 0.05) is 18.6 Å².